The van der Waals surface area contributed by atoms with Crippen LogP contribution in [0.1, 0.15) is 11.3 Å². The van der Waals surface area contributed by atoms with Gasteiger partial charge in [0, 0.05) is 47.0 Å². The Morgan fingerprint density at radius 2 is 0.985 bits per heavy atom. The molecule has 0 saturated carbocycles. The van der Waals surface area contributed by atoms with E-state index < -0.39 is 16.0 Å². The van der Waals surface area contributed by atoms with Gasteiger partial charge in [-0.15, -0.1) is 6.42 Å². The van der Waals surface area contributed by atoms with Crippen molar-refractivity contribution in [2.75, 3.05) is 0 Å². The molecule has 8 heteroatoms. The van der Waals surface area contributed by atoms with Crippen molar-refractivity contribution in [2.45, 2.75) is 21.6 Å². The summed E-state index contributed by atoms with van der Waals surface area (Å²) < 4.78 is 21.7. The van der Waals surface area contributed by atoms with E-state index in [9.17, 15) is 0 Å². The molecular weight excluding hydrogens is 846 g/mol. The summed E-state index contributed by atoms with van der Waals surface area (Å²) in [6.07, 6.45) is 5.93. The van der Waals surface area contributed by atoms with Crippen molar-refractivity contribution < 1.29 is 4.57 Å². The second kappa shape index (κ2) is 15.6. The maximum Gasteiger partial charge on any atom is 0.240 e. The van der Waals surface area contributed by atoms with Crippen molar-refractivity contribution in [3.05, 3.63) is 224 Å². The van der Waals surface area contributed by atoms with Gasteiger partial charge < -0.3 is 4.57 Å². The van der Waals surface area contributed by atoms with Crippen LogP contribution >= 0.6 is 16.0 Å². The first-order valence-electron chi connectivity index (χ1n) is 21.8. The number of terminal acetylenes is 1. The zero-order valence-electron chi connectivity index (χ0n) is 35.9. The fourth-order valence-electron chi connectivity index (χ4n) is 10.0. The first kappa shape index (κ1) is 39.6. The van der Waals surface area contributed by atoms with Crippen molar-refractivity contribution in [1.82, 2.24) is 24.1 Å². The van der Waals surface area contributed by atoms with Gasteiger partial charge in [-0.2, -0.15) is 15.0 Å². The average Bonchev–Trinajstić information content (AvgIpc) is 3.97. The highest BCUT2D eigenvalue weighted by molar-refractivity contribution is 8.82. The minimum atomic E-state index is -3.57. The molecule has 0 radical (unpaired) electrons. The number of aromatic nitrogens is 5. The normalized spacial score (nSPS) is 13.3. The number of hydrogen-bond donors (Lipinski definition) is 0. The first-order chi connectivity index (χ1) is 32.5. The molecule has 11 aromatic rings. The topological polar surface area (TPSA) is 65.6 Å². The van der Waals surface area contributed by atoms with Crippen molar-refractivity contribution in [2.24, 2.45) is 0 Å². The zero-order chi connectivity index (χ0) is 44.4. The summed E-state index contributed by atoms with van der Waals surface area (Å²) in [6, 6.07) is 71.0. The van der Waals surface area contributed by atoms with Gasteiger partial charge >= 0.3 is 0 Å². The maximum atomic E-state index is 17.4. The molecule has 12 rings (SSSR count). The molecule has 0 saturated heterocycles. The third-order valence-corrected chi connectivity index (χ3v) is 23.9. The summed E-state index contributed by atoms with van der Waals surface area (Å²) >= 11 is 0. The highest BCUT2D eigenvalue weighted by Crippen LogP contribution is 2.92. The standard InChI is InChI=1S/C58H40N5OPS/c1-3-4-33-50-40(2)45-28-11-16-34-51(45)62(50)57-59-56(60-58(61-57)63-52-35-17-12-29-46(52)47-30-13-18-36-53(47)63)41-22-21-27-44(39-41)66(42-23-7-5-8-24-42,43-25-9-6-10-26-43)65(64)54-37-19-14-31-48(54)49-32-15-20-38-55(49)65/h1,4-39H,2H3/b33-4-. The Balaban J connectivity index is 1.19. The van der Waals surface area contributed by atoms with Gasteiger partial charge in [-0.1, -0.05) is 155 Å². The van der Waals surface area contributed by atoms with E-state index in [-0.39, 0.29) is 0 Å². The highest BCUT2D eigenvalue weighted by atomic mass is 32.8. The minimum Gasteiger partial charge on any atom is -0.303 e. The number of para-hydroxylation sites is 3. The van der Waals surface area contributed by atoms with E-state index in [4.69, 9.17) is 21.4 Å². The summed E-state index contributed by atoms with van der Waals surface area (Å²) in [5, 5.41) is 5.01. The molecule has 66 heavy (non-hydrogen) atoms. The second-order valence-electron chi connectivity index (χ2n) is 16.3. The number of benzene rings is 8. The van der Waals surface area contributed by atoms with E-state index in [0.29, 0.717) is 17.7 Å². The molecule has 0 atom stereocenters. The van der Waals surface area contributed by atoms with Crippen LogP contribution in [-0.4, -0.2) is 24.1 Å². The van der Waals surface area contributed by atoms with Crippen LogP contribution in [0.5, 0.6) is 0 Å². The SMILES string of the molecule is C#C/C=C\c1c(C)c2ccccc2n1-c1nc(-c2cccc(S(c3ccccc3)(c3ccccc3)P3(=O)c4ccccc4-c4ccccc43)c2)nc(-n2c3ccccc3c3ccccc32)n1. The predicted molar refractivity (Wildman–Crippen MR) is 273 cm³/mol. The smallest absolute Gasteiger partial charge is 0.240 e. The summed E-state index contributed by atoms with van der Waals surface area (Å²) in [6.45, 7) is 2.10. The van der Waals surface area contributed by atoms with Crippen LogP contribution in [0.15, 0.2) is 227 Å². The third-order valence-electron chi connectivity index (χ3n) is 12.8. The third kappa shape index (κ3) is 5.72. The Kier molecular flexibility index (Phi) is 9.36. The molecular formula is C58H40N5OPS. The number of nitrogens with zero attached hydrogens (tertiary/aromatic N) is 5. The van der Waals surface area contributed by atoms with Gasteiger partial charge in [0.25, 0.3) is 0 Å². The Bertz CT molecular complexity index is 3700. The number of allylic oxidation sites excluding steroid dienone is 1. The zero-order valence-corrected chi connectivity index (χ0v) is 37.6. The lowest BCUT2D eigenvalue weighted by molar-refractivity contribution is 0.595. The second-order valence-corrected chi connectivity index (χ2v) is 24.1. The molecule has 0 amide bonds. The molecule has 3 aromatic heterocycles. The van der Waals surface area contributed by atoms with Gasteiger partial charge in [0.1, 0.15) is 0 Å². The van der Waals surface area contributed by atoms with Gasteiger partial charge in [0.05, 0.1) is 22.2 Å². The van der Waals surface area contributed by atoms with Crippen LogP contribution in [0.25, 0.3) is 73.2 Å². The van der Waals surface area contributed by atoms with Crippen molar-refractivity contribution in [1.29, 1.82) is 0 Å². The molecule has 0 unspecified atom stereocenters. The lowest BCUT2D eigenvalue weighted by Gasteiger charge is -2.46. The largest absolute Gasteiger partial charge is 0.303 e. The van der Waals surface area contributed by atoms with Crippen molar-refractivity contribution in [3.8, 4) is 46.8 Å². The van der Waals surface area contributed by atoms with E-state index in [1.165, 1.54) is 0 Å². The Morgan fingerprint density at radius 1 is 0.515 bits per heavy atom. The van der Waals surface area contributed by atoms with Gasteiger partial charge in [-0.05, 0) is 102 Å². The van der Waals surface area contributed by atoms with Crippen LogP contribution in [0.4, 0.5) is 0 Å². The van der Waals surface area contributed by atoms with E-state index in [1.54, 1.807) is 6.08 Å². The van der Waals surface area contributed by atoms with Crippen LogP contribution in [-0.2, 0) is 4.57 Å². The number of aryl methyl sites for hydroxylation is 1. The molecule has 1 aliphatic heterocycles. The average molecular weight is 886 g/mol. The first-order valence-corrected chi connectivity index (χ1v) is 25.8. The monoisotopic (exact) mass is 885 g/mol. The fraction of sp³-hybridized carbons (Fsp3) is 0.0172. The molecule has 0 bridgehead atoms. The highest BCUT2D eigenvalue weighted by Gasteiger charge is 2.54. The Labute approximate surface area is 384 Å². The molecule has 0 fully saturated rings. The summed E-state index contributed by atoms with van der Waals surface area (Å²) in [5.41, 5.74) is 7.62. The number of hydrogen-bond acceptors (Lipinski definition) is 4. The Hall–Kier alpha value is -8.01. The summed E-state index contributed by atoms with van der Waals surface area (Å²) in [7, 11) is -2.64. The number of fused-ring (bicyclic) bond motifs is 7. The van der Waals surface area contributed by atoms with E-state index in [1.807, 2.05) is 66.7 Å². The molecule has 0 N–H and O–H groups in total. The van der Waals surface area contributed by atoms with Gasteiger partial charge in [-0.3, -0.25) is 9.13 Å². The molecule has 8 aromatic carbocycles. The minimum absolute atomic E-state index is 0.444. The van der Waals surface area contributed by atoms with Gasteiger partial charge in [0.2, 0.25) is 11.9 Å². The van der Waals surface area contributed by atoms with Crippen LogP contribution in [0.2, 0.25) is 0 Å². The quantitative estimate of drug-likeness (QED) is 0.113. The molecule has 0 spiro atoms. The molecule has 314 valence electrons. The van der Waals surface area contributed by atoms with E-state index >= 15 is 4.57 Å². The summed E-state index contributed by atoms with van der Waals surface area (Å²) in [5.74, 6) is 4.08. The Morgan fingerprint density at radius 3 is 1.56 bits per heavy atom. The van der Waals surface area contributed by atoms with Gasteiger partial charge in [0.15, 0.2) is 12.2 Å². The lowest BCUT2D eigenvalue weighted by atomic mass is 10.1. The van der Waals surface area contributed by atoms with Crippen molar-refractivity contribution >= 4 is 65.4 Å². The summed E-state index contributed by atoms with van der Waals surface area (Å²) in [4.78, 5) is 19.2. The van der Waals surface area contributed by atoms with Crippen molar-refractivity contribution in [3.63, 3.8) is 0 Å². The van der Waals surface area contributed by atoms with Crippen LogP contribution in [0, 0.1) is 19.3 Å². The van der Waals surface area contributed by atoms with Crippen LogP contribution in [0.3, 0.4) is 0 Å². The predicted octanol–water partition coefficient (Wildman–Crippen LogP) is 13.7. The van der Waals surface area contributed by atoms with E-state index in [2.05, 4.69) is 168 Å². The molecule has 1 aliphatic rings. The molecule has 4 heterocycles. The number of rotatable bonds is 8. The van der Waals surface area contributed by atoms with Crippen LogP contribution < -0.4 is 10.6 Å². The van der Waals surface area contributed by atoms with E-state index in [0.717, 1.165) is 86.0 Å². The van der Waals surface area contributed by atoms with Gasteiger partial charge in [-0.25, -0.2) is 0 Å². The molecule has 6 nitrogen and oxygen atoms in total. The molecule has 0 aliphatic carbocycles. The lowest BCUT2D eigenvalue weighted by Crippen LogP contribution is -2.18. The maximum absolute atomic E-state index is 17.4. The fourth-order valence-corrected chi connectivity index (χ4v) is 22.3.